The fourth-order valence-electron chi connectivity index (χ4n) is 2.67. The SMILES string of the molecule is CCOC1CCN(c2nnc(Cc3ccc(F)cc3)s2)CC1. The van der Waals surface area contributed by atoms with Crippen molar-refractivity contribution in [3.63, 3.8) is 0 Å². The number of hydrogen-bond acceptors (Lipinski definition) is 5. The fourth-order valence-corrected chi connectivity index (χ4v) is 3.59. The molecule has 6 heteroatoms. The zero-order valence-electron chi connectivity index (χ0n) is 12.7. The molecule has 1 fully saturated rings. The molecule has 118 valence electrons. The van der Waals surface area contributed by atoms with E-state index in [0.717, 1.165) is 48.2 Å². The van der Waals surface area contributed by atoms with Crippen LogP contribution in [0.4, 0.5) is 9.52 Å². The number of nitrogens with zero attached hydrogens (tertiary/aromatic N) is 3. The number of hydrogen-bond donors (Lipinski definition) is 0. The number of benzene rings is 1. The Hall–Kier alpha value is -1.53. The predicted octanol–water partition coefficient (Wildman–Crippen LogP) is 3.27. The molecule has 0 bridgehead atoms. The van der Waals surface area contributed by atoms with E-state index in [-0.39, 0.29) is 5.82 Å². The van der Waals surface area contributed by atoms with Gasteiger partial charge < -0.3 is 9.64 Å². The summed E-state index contributed by atoms with van der Waals surface area (Å²) in [7, 11) is 0. The number of aromatic nitrogens is 2. The van der Waals surface area contributed by atoms with Crippen molar-refractivity contribution in [2.45, 2.75) is 32.3 Å². The van der Waals surface area contributed by atoms with Crippen LogP contribution in [0.5, 0.6) is 0 Å². The van der Waals surface area contributed by atoms with Crippen LogP contribution in [0.15, 0.2) is 24.3 Å². The molecule has 0 unspecified atom stereocenters. The molecule has 0 N–H and O–H groups in total. The molecule has 0 atom stereocenters. The molecule has 0 radical (unpaired) electrons. The maximum Gasteiger partial charge on any atom is 0.208 e. The fraction of sp³-hybridized carbons (Fsp3) is 0.500. The average molecular weight is 321 g/mol. The van der Waals surface area contributed by atoms with Gasteiger partial charge in [-0.3, -0.25) is 0 Å². The number of rotatable bonds is 5. The zero-order chi connectivity index (χ0) is 15.4. The van der Waals surface area contributed by atoms with Crippen LogP contribution in [0.25, 0.3) is 0 Å². The second-order valence-corrected chi connectivity index (χ2v) is 6.46. The first-order valence-corrected chi connectivity index (χ1v) is 8.49. The lowest BCUT2D eigenvalue weighted by Gasteiger charge is -2.31. The number of anilines is 1. The number of piperidine rings is 1. The third-order valence-electron chi connectivity index (χ3n) is 3.84. The Morgan fingerprint density at radius 1 is 1.23 bits per heavy atom. The maximum atomic E-state index is 12.9. The largest absolute Gasteiger partial charge is 0.378 e. The van der Waals surface area contributed by atoms with Gasteiger partial charge in [-0.15, -0.1) is 10.2 Å². The van der Waals surface area contributed by atoms with Gasteiger partial charge in [-0.2, -0.15) is 0 Å². The highest BCUT2D eigenvalue weighted by atomic mass is 32.1. The zero-order valence-corrected chi connectivity index (χ0v) is 13.5. The van der Waals surface area contributed by atoms with Crippen molar-refractivity contribution in [1.82, 2.24) is 10.2 Å². The molecule has 1 saturated heterocycles. The summed E-state index contributed by atoms with van der Waals surface area (Å²) in [5.74, 6) is -0.209. The normalized spacial score (nSPS) is 16.2. The van der Waals surface area contributed by atoms with E-state index in [1.165, 1.54) is 12.1 Å². The smallest absolute Gasteiger partial charge is 0.208 e. The molecule has 1 aromatic heterocycles. The van der Waals surface area contributed by atoms with Crippen LogP contribution in [0, 0.1) is 5.82 Å². The second-order valence-electron chi connectivity index (χ2n) is 5.42. The lowest BCUT2D eigenvalue weighted by Crippen LogP contribution is -2.37. The van der Waals surface area contributed by atoms with Crippen molar-refractivity contribution >= 4 is 16.5 Å². The summed E-state index contributed by atoms with van der Waals surface area (Å²) in [5.41, 5.74) is 1.05. The van der Waals surface area contributed by atoms with Crippen molar-refractivity contribution in [2.75, 3.05) is 24.6 Å². The van der Waals surface area contributed by atoms with Gasteiger partial charge in [0.1, 0.15) is 10.8 Å². The Kier molecular flexibility index (Phi) is 5.00. The molecule has 1 aliphatic rings. The van der Waals surface area contributed by atoms with Gasteiger partial charge in [-0.25, -0.2) is 4.39 Å². The van der Waals surface area contributed by atoms with Crippen molar-refractivity contribution in [2.24, 2.45) is 0 Å². The molecule has 0 spiro atoms. The minimum atomic E-state index is -0.209. The Labute approximate surface area is 133 Å². The monoisotopic (exact) mass is 321 g/mol. The Balaban J connectivity index is 1.58. The third-order valence-corrected chi connectivity index (χ3v) is 4.82. The molecule has 1 aromatic carbocycles. The van der Waals surface area contributed by atoms with Crippen molar-refractivity contribution < 1.29 is 9.13 Å². The van der Waals surface area contributed by atoms with Crippen molar-refractivity contribution in [3.8, 4) is 0 Å². The summed E-state index contributed by atoms with van der Waals surface area (Å²) in [4.78, 5) is 2.28. The molecule has 0 saturated carbocycles. The van der Waals surface area contributed by atoms with Crippen LogP contribution < -0.4 is 4.90 Å². The first-order chi connectivity index (χ1) is 10.7. The van der Waals surface area contributed by atoms with Crippen LogP contribution in [0.2, 0.25) is 0 Å². The van der Waals surface area contributed by atoms with E-state index in [1.807, 2.05) is 6.92 Å². The van der Waals surface area contributed by atoms with Crippen molar-refractivity contribution in [3.05, 3.63) is 40.7 Å². The highest BCUT2D eigenvalue weighted by Gasteiger charge is 2.21. The lowest BCUT2D eigenvalue weighted by atomic mass is 10.1. The van der Waals surface area contributed by atoms with Gasteiger partial charge in [0.25, 0.3) is 0 Å². The van der Waals surface area contributed by atoms with Gasteiger partial charge in [-0.05, 0) is 37.5 Å². The van der Waals surface area contributed by atoms with Gasteiger partial charge in [0.2, 0.25) is 5.13 Å². The summed E-state index contributed by atoms with van der Waals surface area (Å²) in [5, 5.41) is 10.5. The Bertz CT molecular complexity index is 594. The molecular formula is C16H20FN3OS. The first-order valence-electron chi connectivity index (χ1n) is 7.68. The van der Waals surface area contributed by atoms with Gasteiger partial charge in [-0.1, -0.05) is 23.5 Å². The van der Waals surface area contributed by atoms with Gasteiger partial charge >= 0.3 is 0 Å². The molecule has 1 aliphatic heterocycles. The molecule has 4 nitrogen and oxygen atoms in total. The van der Waals surface area contributed by atoms with E-state index in [2.05, 4.69) is 15.1 Å². The molecule has 0 amide bonds. The van der Waals surface area contributed by atoms with E-state index in [9.17, 15) is 4.39 Å². The van der Waals surface area contributed by atoms with Crippen LogP contribution >= 0.6 is 11.3 Å². The summed E-state index contributed by atoms with van der Waals surface area (Å²) < 4.78 is 18.6. The number of halogens is 1. The van der Waals surface area contributed by atoms with Crippen LogP contribution in [-0.2, 0) is 11.2 Å². The van der Waals surface area contributed by atoms with Crippen LogP contribution in [0.3, 0.4) is 0 Å². The molecular weight excluding hydrogens is 301 g/mol. The standard InChI is InChI=1S/C16H20FN3OS/c1-2-21-14-7-9-20(10-8-14)16-19-18-15(22-16)11-12-3-5-13(17)6-4-12/h3-6,14H,2,7-11H2,1H3. The highest BCUT2D eigenvalue weighted by Crippen LogP contribution is 2.26. The van der Waals surface area contributed by atoms with Gasteiger partial charge in [0.05, 0.1) is 6.10 Å². The molecule has 0 aliphatic carbocycles. The van der Waals surface area contributed by atoms with E-state index in [1.54, 1.807) is 23.5 Å². The topological polar surface area (TPSA) is 38.2 Å². The van der Waals surface area contributed by atoms with Crippen molar-refractivity contribution in [1.29, 1.82) is 0 Å². The predicted molar refractivity (Wildman–Crippen MR) is 86.0 cm³/mol. The molecule has 3 rings (SSSR count). The van der Waals surface area contributed by atoms with E-state index < -0.39 is 0 Å². The molecule has 2 aromatic rings. The highest BCUT2D eigenvalue weighted by molar-refractivity contribution is 7.15. The van der Waals surface area contributed by atoms with E-state index in [4.69, 9.17) is 4.74 Å². The molecule has 22 heavy (non-hydrogen) atoms. The Morgan fingerprint density at radius 3 is 2.64 bits per heavy atom. The molecule has 2 heterocycles. The number of ether oxygens (including phenoxy) is 1. The summed E-state index contributed by atoms with van der Waals surface area (Å²) >= 11 is 1.62. The lowest BCUT2D eigenvalue weighted by molar-refractivity contribution is 0.0459. The Morgan fingerprint density at radius 2 is 1.95 bits per heavy atom. The average Bonchev–Trinajstić information content (AvgIpc) is 2.99. The minimum absolute atomic E-state index is 0.209. The minimum Gasteiger partial charge on any atom is -0.378 e. The summed E-state index contributed by atoms with van der Waals surface area (Å²) in [6.07, 6.45) is 3.17. The summed E-state index contributed by atoms with van der Waals surface area (Å²) in [6.45, 7) is 4.76. The first kappa shape index (κ1) is 15.4. The van der Waals surface area contributed by atoms with E-state index >= 15 is 0 Å². The van der Waals surface area contributed by atoms with Crippen LogP contribution in [-0.4, -0.2) is 36.0 Å². The second kappa shape index (κ2) is 7.15. The summed E-state index contributed by atoms with van der Waals surface area (Å²) in [6, 6.07) is 6.56. The third kappa shape index (κ3) is 3.81. The van der Waals surface area contributed by atoms with Crippen LogP contribution in [0.1, 0.15) is 30.3 Å². The van der Waals surface area contributed by atoms with E-state index in [0.29, 0.717) is 12.5 Å². The van der Waals surface area contributed by atoms with Gasteiger partial charge in [0, 0.05) is 26.1 Å². The maximum absolute atomic E-state index is 12.9. The quantitative estimate of drug-likeness (QED) is 0.847. The van der Waals surface area contributed by atoms with Gasteiger partial charge in [0.15, 0.2) is 0 Å².